The average molecular weight is 160 g/mol. The van der Waals surface area contributed by atoms with Gasteiger partial charge in [0.05, 0.1) is 12.7 Å². The first-order chi connectivity index (χ1) is 5.43. The van der Waals surface area contributed by atoms with Crippen molar-refractivity contribution in [2.24, 2.45) is 0 Å². The molecule has 0 aliphatic carbocycles. The minimum absolute atomic E-state index is 0.268. The predicted octanol–water partition coefficient (Wildman–Crippen LogP) is 0.564. The van der Waals surface area contributed by atoms with Crippen LogP contribution < -0.4 is 0 Å². The van der Waals surface area contributed by atoms with Crippen molar-refractivity contribution in [2.75, 3.05) is 26.4 Å². The SMILES string of the molecule is OCCCCOC1CCOC1. The van der Waals surface area contributed by atoms with E-state index < -0.39 is 0 Å². The molecule has 1 atom stereocenters. The summed E-state index contributed by atoms with van der Waals surface area (Å²) in [7, 11) is 0. The molecule has 11 heavy (non-hydrogen) atoms. The van der Waals surface area contributed by atoms with Crippen LogP contribution in [0.3, 0.4) is 0 Å². The lowest BCUT2D eigenvalue weighted by atomic mass is 10.3. The van der Waals surface area contributed by atoms with E-state index >= 15 is 0 Å². The number of ether oxygens (including phenoxy) is 2. The van der Waals surface area contributed by atoms with Crippen LogP contribution in [-0.4, -0.2) is 37.6 Å². The molecule has 1 N–H and O–H groups in total. The van der Waals surface area contributed by atoms with Crippen LogP contribution in [0.2, 0.25) is 0 Å². The van der Waals surface area contributed by atoms with E-state index in [-0.39, 0.29) is 6.61 Å². The van der Waals surface area contributed by atoms with Crippen molar-refractivity contribution in [1.82, 2.24) is 0 Å². The summed E-state index contributed by atoms with van der Waals surface area (Å²) >= 11 is 0. The normalized spacial score (nSPS) is 24.3. The van der Waals surface area contributed by atoms with E-state index in [4.69, 9.17) is 14.6 Å². The monoisotopic (exact) mass is 160 g/mol. The molecule has 0 saturated carbocycles. The maximum atomic E-state index is 8.48. The lowest BCUT2D eigenvalue weighted by Crippen LogP contribution is -2.13. The number of unbranched alkanes of at least 4 members (excludes halogenated alkanes) is 1. The molecule has 0 bridgehead atoms. The first kappa shape index (κ1) is 8.97. The van der Waals surface area contributed by atoms with Crippen LogP contribution in [0.15, 0.2) is 0 Å². The van der Waals surface area contributed by atoms with Crippen LogP contribution in [-0.2, 0) is 9.47 Å². The summed E-state index contributed by atoms with van der Waals surface area (Å²) in [5.41, 5.74) is 0. The second-order valence-electron chi connectivity index (χ2n) is 2.79. The van der Waals surface area contributed by atoms with E-state index in [1.807, 2.05) is 0 Å². The molecule has 1 rings (SSSR count). The molecule has 0 amide bonds. The maximum Gasteiger partial charge on any atom is 0.0830 e. The molecular formula is C8H16O3. The molecule has 1 fully saturated rings. The molecule has 1 heterocycles. The number of hydrogen-bond donors (Lipinski definition) is 1. The third kappa shape index (κ3) is 3.70. The number of aliphatic hydroxyl groups is 1. The summed E-state index contributed by atoms with van der Waals surface area (Å²) in [6, 6.07) is 0. The van der Waals surface area contributed by atoms with Gasteiger partial charge >= 0.3 is 0 Å². The van der Waals surface area contributed by atoms with E-state index in [9.17, 15) is 0 Å². The van der Waals surface area contributed by atoms with E-state index in [1.165, 1.54) is 0 Å². The van der Waals surface area contributed by atoms with Crippen molar-refractivity contribution >= 4 is 0 Å². The van der Waals surface area contributed by atoms with Crippen molar-refractivity contribution in [3.05, 3.63) is 0 Å². The standard InChI is InChI=1S/C8H16O3/c9-4-1-2-5-11-8-3-6-10-7-8/h8-9H,1-7H2. The zero-order valence-electron chi connectivity index (χ0n) is 6.79. The van der Waals surface area contributed by atoms with Gasteiger partial charge < -0.3 is 14.6 Å². The molecule has 1 aliphatic heterocycles. The Labute approximate surface area is 67.3 Å². The average Bonchev–Trinajstić information content (AvgIpc) is 2.50. The largest absolute Gasteiger partial charge is 0.396 e. The van der Waals surface area contributed by atoms with Gasteiger partial charge in [-0.05, 0) is 19.3 Å². The van der Waals surface area contributed by atoms with Gasteiger partial charge in [0.1, 0.15) is 0 Å². The zero-order chi connectivity index (χ0) is 7.94. The van der Waals surface area contributed by atoms with Gasteiger partial charge in [0.2, 0.25) is 0 Å². The summed E-state index contributed by atoms with van der Waals surface area (Å²) in [5.74, 6) is 0. The number of rotatable bonds is 5. The Kier molecular flexibility index (Phi) is 4.50. The van der Waals surface area contributed by atoms with E-state index in [2.05, 4.69) is 0 Å². The highest BCUT2D eigenvalue weighted by Gasteiger charge is 2.14. The molecule has 0 aromatic rings. The van der Waals surface area contributed by atoms with Gasteiger partial charge in [-0.3, -0.25) is 0 Å². The molecule has 3 nitrogen and oxygen atoms in total. The van der Waals surface area contributed by atoms with Gasteiger partial charge in [-0.1, -0.05) is 0 Å². The van der Waals surface area contributed by atoms with Crippen LogP contribution in [0.5, 0.6) is 0 Å². The van der Waals surface area contributed by atoms with Gasteiger partial charge in [-0.2, -0.15) is 0 Å². The molecule has 0 radical (unpaired) electrons. The fourth-order valence-corrected chi connectivity index (χ4v) is 1.11. The van der Waals surface area contributed by atoms with Crippen molar-refractivity contribution in [1.29, 1.82) is 0 Å². The van der Waals surface area contributed by atoms with Gasteiger partial charge in [0, 0.05) is 19.8 Å². The second kappa shape index (κ2) is 5.52. The first-order valence-electron chi connectivity index (χ1n) is 4.23. The van der Waals surface area contributed by atoms with Crippen LogP contribution >= 0.6 is 0 Å². The molecule has 0 aromatic carbocycles. The molecule has 3 heteroatoms. The van der Waals surface area contributed by atoms with Gasteiger partial charge in [-0.25, -0.2) is 0 Å². The lowest BCUT2D eigenvalue weighted by Gasteiger charge is -2.08. The van der Waals surface area contributed by atoms with Crippen LogP contribution in [0.25, 0.3) is 0 Å². The highest BCUT2D eigenvalue weighted by atomic mass is 16.5. The summed E-state index contributed by atoms with van der Waals surface area (Å²) in [4.78, 5) is 0. The Morgan fingerprint density at radius 1 is 1.45 bits per heavy atom. The zero-order valence-corrected chi connectivity index (χ0v) is 6.79. The molecule has 0 aromatic heterocycles. The third-order valence-electron chi connectivity index (χ3n) is 1.79. The Hall–Kier alpha value is -0.120. The highest BCUT2D eigenvalue weighted by molar-refractivity contribution is 4.62. The smallest absolute Gasteiger partial charge is 0.0830 e. The summed E-state index contributed by atoms with van der Waals surface area (Å²) in [6.45, 7) is 2.61. The maximum absolute atomic E-state index is 8.48. The Morgan fingerprint density at radius 3 is 3.00 bits per heavy atom. The van der Waals surface area contributed by atoms with Crippen molar-refractivity contribution in [3.63, 3.8) is 0 Å². The number of aliphatic hydroxyl groups excluding tert-OH is 1. The van der Waals surface area contributed by atoms with E-state index in [1.54, 1.807) is 0 Å². The summed E-state index contributed by atoms with van der Waals surface area (Å²) < 4.78 is 10.6. The molecule has 1 unspecified atom stereocenters. The van der Waals surface area contributed by atoms with Crippen LogP contribution in [0.1, 0.15) is 19.3 Å². The first-order valence-corrected chi connectivity index (χ1v) is 4.23. The van der Waals surface area contributed by atoms with Crippen LogP contribution in [0, 0.1) is 0 Å². The quantitative estimate of drug-likeness (QED) is 0.597. The molecule has 1 saturated heterocycles. The summed E-state index contributed by atoms with van der Waals surface area (Å²) in [6.07, 6.45) is 3.13. The molecular weight excluding hydrogens is 144 g/mol. The topological polar surface area (TPSA) is 38.7 Å². The lowest BCUT2D eigenvalue weighted by molar-refractivity contribution is 0.0391. The van der Waals surface area contributed by atoms with Crippen molar-refractivity contribution < 1.29 is 14.6 Å². The second-order valence-corrected chi connectivity index (χ2v) is 2.79. The summed E-state index contributed by atoms with van der Waals surface area (Å²) in [5, 5.41) is 8.48. The molecule has 1 aliphatic rings. The molecule has 66 valence electrons. The van der Waals surface area contributed by atoms with Crippen LogP contribution in [0.4, 0.5) is 0 Å². The third-order valence-corrected chi connectivity index (χ3v) is 1.79. The van der Waals surface area contributed by atoms with Gasteiger partial charge in [-0.15, -0.1) is 0 Å². The Bertz CT molecular complexity index is 89.3. The van der Waals surface area contributed by atoms with E-state index in [0.29, 0.717) is 6.10 Å². The van der Waals surface area contributed by atoms with Crippen molar-refractivity contribution in [3.8, 4) is 0 Å². The Balaban J connectivity index is 1.86. The van der Waals surface area contributed by atoms with E-state index in [0.717, 1.165) is 39.1 Å². The van der Waals surface area contributed by atoms with Gasteiger partial charge in [0.25, 0.3) is 0 Å². The minimum Gasteiger partial charge on any atom is -0.396 e. The predicted molar refractivity (Wildman–Crippen MR) is 41.5 cm³/mol. The fourth-order valence-electron chi connectivity index (χ4n) is 1.11. The van der Waals surface area contributed by atoms with Crippen molar-refractivity contribution in [2.45, 2.75) is 25.4 Å². The molecule has 0 spiro atoms. The Morgan fingerprint density at radius 2 is 2.36 bits per heavy atom. The highest BCUT2D eigenvalue weighted by Crippen LogP contribution is 2.08. The minimum atomic E-state index is 0.268. The van der Waals surface area contributed by atoms with Gasteiger partial charge in [0.15, 0.2) is 0 Å². The number of hydrogen-bond acceptors (Lipinski definition) is 3. The fraction of sp³-hybridized carbons (Fsp3) is 1.00.